The summed E-state index contributed by atoms with van der Waals surface area (Å²) in [6.45, 7) is 3.45. The van der Waals surface area contributed by atoms with Gasteiger partial charge < -0.3 is 29.8 Å². The molecule has 0 radical (unpaired) electrons. The van der Waals surface area contributed by atoms with Gasteiger partial charge in [0.25, 0.3) is 11.5 Å². The zero-order chi connectivity index (χ0) is 32.7. The number of carbonyl (C=O) groups is 4. The van der Waals surface area contributed by atoms with Gasteiger partial charge in [0.15, 0.2) is 5.69 Å². The molecule has 3 amide bonds. The van der Waals surface area contributed by atoms with Crippen LogP contribution in [0.1, 0.15) is 86.1 Å². The summed E-state index contributed by atoms with van der Waals surface area (Å²) in [6.07, 6.45) is 2.94. The van der Waals surface area contributed by atoms with E-state index in [1.807, 2.05) is 0 Å². The maximum atomic E-state index is 13.9. The van der Waals surface area contributed by atoms with Gasteiger partial charge in [-0.25, -0.2) is 4.79 Å². The second-order valence-corrected chi connectivity index (χ2v) is 11.2. The molecule has 2 aromatic heterocycles. The maximum Gasteiger partial charge on any atom is 0.417 e. The van der Waals surface area contributed by atoms with E-state index < -0.39 is 58.8 Å². The van der Waals surface area contributed by atoms with Crippen LogP contribution in [0.5, 0.6) is 0 Å². The maximum absolute atomic E-state index is 13.9. The van der Waals surface area contributed by atoms with Crippen LogP contribution >= 0.6 is 0 Å². The van der Waals surface area contributed by atoms with Crippen LogP contribution in [0.25, 0.3) is 0 Å². The van der Waals surface area contributed by atoms with Gasteiger partial charge in [-0.1, -0.05) is 24.6 Å². The van der Waals surface area contributed by atoms with Crippen molar-refractivity contribution in [2.45, 2.75) is 89.6 Å². The molecule has 3 N–H and O–H groups in total. The van der Waals surface area contributed by atoms with Crippen molar-refractivity contribution in [2.24, 2.45) is 5.92 Å². The van der Waals surface area contributed by atoms with Crippen LogP contribution in [0.15, 0.2) is 39.8 Å². The fraction of sp³-hybridized carbons (Fsp3) is 0.533. The number of anilines is 1. The van der Waals surface area contributed by atoms with E-state index in [0.29, 0.717) is 29.8 Å². The number of hydrogen-bond donors (Lipinski definition) is 3. The lowest BCUT2D eigenvalue weighted by Crippen LogP contribution is -2.43. The lowest BCUT2D eigenvalue weighted by Gasteiger charge is -2.24. The van der Waals surface area contributed by atoms with Crippen molar-refractivity contribution in [3.8, 4) is 0 Å². The third kappa shape index (κ3) is 8.82. The minimum atomic E-state index is -4.92. The van der Waals surface area contributed by atoms with Crippen LogP contribution in [0, 0.1) is 12.8 Å². The first-order valence-electron chi connectivity index (χ1n) is 14.9. The standard InChI is InChI=1S/C30H36F3N5O7/c1-3-24(38-16-19(30(31,32)33)15-23(29(38)43)36-27(41)22-13-17(2)45-37-22)28(42)35-20(14-18-11-12-34-26(18)40)9-10-25(39)44-21-7-5-4-6-8-21/h9-10,13,15-16,18,20-21,24H,3-8,11-12,14H2,1-2H3,(H,34,40)(H,35,42)(H,36,41)/b10-9+/t18-,20+,24-/m0/s1. The predicted octanol–water partition coefficient (Wildman–Crippen LogP) is 3.81. The number of hydrogen-bond acceptors (Lipinski definition) is 8. The normalized spacial score (nSPS) is 18.8. The van der Waals surface area contributed by atoms with E-state index in [0.717, 1.165) is 32.1 Å². The second-order valence-electron chi connectivity index (χ2n) is 11.2. The number of nitrogens with one attached hydrogen (secondary N) is 3. The number of alkyl halides is 3. The molecule has 3 atom stereocenters. The first-order chi connectivity index (χ1) is 21.3. The molecule has 15 heteroatoms. The van der Waals surface area contributed by atoms with Crippen LogP contribution in [-0.2, 0) is 25.3 Å². The Morgan fingerprint density at radius 2 is 1.91 bits per heavy atom. The lowest BCUT2D eigenvalue weighted by molar-refractivity contribution is -0.144. The molecule has 3 heterocycles. The van der Waals surface area contributed by atoms with Crippen LogP contribution in [0.4, 0.5) is 18.9 Å². The van der Waals surface area contributed by atoms with Crippen LogP contribution < -0.4 is 21.5 Å². The van der Waals surface area contributed by atoms with Gasteiger partial charge in [0.05, 0.1) is 5.56 Å². The van der Waals surface area contributed by atoms with Crippen molar-refractivity contribution in [1.29, 1.82) is 0 Å². The van der Waals surface area contributed by atoms with Crippen LogP contribution in [-0.4, -0.2) is 52.1 Å². The molecule has 2 aromatic rings. The van der Waals surface area contributed by atoms with Gasteiger partial charge in [0.2, 0.25) is 11.8 Å². The van der Waals surface area contributed by atoms with Crippen LogP contribution in [0.3, 0.4) is 0 Å². The Morgan fingerprint density at radius 3 is 2.51 bits per heavy atom. The fourth-order valence-corrected chi connectivity index (χ4v) is 5.47. The highest BCUT2D eigenvalue weighted by Crippen LogP contribution is 2.31. The average Bonchev–Trinajstić information content (AvgIpc) is 3.61. The number of amides is 3. The summed E-state index contributed by atoms with van der Waals surface area (Å²) in [7, 11) is 0. The molecule has 0 bridgehead atoms. The van der Waals surface area contributed by atoms with E-state index in [2.05, 4.69) is 21.1 Å². The van der Waals surface area contributed by atoms with Gasteiger partial charge >= 0.3 is 12.1 Å². The van der Waals surface area contributed by atoms with Crippen molar-refractivity contribution in [3.63, 3.8) is 0 Å². The van der Waals surface area contributed by atoms with Gasteiger partial charge in [-0.05, 0) is 57.9 Å². The molecule has 1 aliphatic carbocycles. The number of aromatic nitrogens is 2. The van der Waals surface area contributed by atoms with Crippen molar-refractivity contribution >= 4 is 29.4 Å². The van der Waals surface area contributed by atoms with Gasteiger partial charge in [-0.15, -0.1) is 0 Å². The van der Waals surface area contributed by atoms with Gasteiger partial charge in [-0.2, -0.15) is 13.2 Å². The molecular weight excluding hydrogens is 599 g/mol. The molecule has 1 saturated carbocycles. The number of halogens is 3. The number of aryl methyl sites for hydroxylation is 1. The average molecular weight is 636 g/mol. The van der Waals surface area contributed by atoms with E-state index in [4.69, 9.17) is 9.26 Å². The van der Waals surface area contributed by atoms with Crippen molar-refractivity contribution in [1.82, 2.24) is 20.4 Å². The molecule has 0 unspecified atom stereocenters. The Balaban J connectivity index is 1.59. The molecule has 45 heavy (non-hydrogen) atoms. The Hall–Kier alpha value is -4.43. The van der Waals surface area contributed by atoms with E-state index in [9.17, 15) is 37.1 Å². The number of rotatable bonds is 11. The van der Waals surface area contributed by atoms with E-state index >= 15 is 0 Å². The smallest absolute Gasteiger partial charge is 0.417 e. The highest BCUT2D eigenvalue weighted by Gasteiger charge is 2.35. The largest absolute Gasteiger partial charge is 0.459 e. The topological polar surface area (TPSA) is 162 Å². The predicted molar refractivity (Wildman–Crippen MR) is 154 cm³/mol. The van der Waals surface area contributed by atoms with E-state index in [-0.39, 0.29) is 36.3 Å². The van der Waals surface area contributed by atoms with Gasteiger partial charge in [0.1, 0.15) is 23.6 Å². The minimum Gasteiger partial charge on any atom is -0.459 e. The molecule has 12 nitrogen and oxygen atoms in total. The molecule has 4 rings (SSSR count). The Morgan fingerprint density at radius 1 is 1.18 bits per heavy atom. The number of pyridine rings is 1. The number of ether oxygens (including phenoxy) is 1. The van der Waals surface area contributed by atoms with Crippen molar-refractivity contribution in [2.75, 3.05) is 11.9 Å². The first-order valence-corrected chi connectivity index (χ1v) is 14.9. The summed E-state index contributed by atoms with van der Waals surface area (Å²) < 4.78 is 52.6. The minimum absolute atomic E-state index is 0.104. The Bertz CT molecular complexity index is 1490. The van der Waals surface area contributed by atoms with Gasteiger partial charge in [-0.3, -0.25) is 19.2 Å². The third-order valence-electron chi connectivity index (χ3n) is 7.83. The van der Waals surface area contributed by atoms with Gasteiger partial charge in [0, 0.05) is 36.8 Å². The first kappa shape index (κ1) is 33.5. The summed E-state index contributed by atoms with van der Waals surface area (Å²) in [5.74, 6) is -2.85. The zero-order valence-electron chi connectivity index (χ0n) is 24.9. The second kappa shape index (κ2) is 14.6. The third-order valence-corrected chi connectivity index (χ3v) is 7.83. The number of esters is 1. The van der Waals surface area contributed by atoms with E-state index in [1.165, 1.54) is 32.1 Å². The van der Waals surface area contributed by atoms with Crippen LogP contribution in [0.2, 0.25) is 0 Å². The molecule has 1 saturated heterocycles. The molecule has 0 spiro atoms. The molecule has 2 aliphatic rings. The summed E-state index contributed by atoms with van der Waals surface area (Å²) in [5.41, 5.74) is -3.30. The Kier molecular flexibility index (Phi) is 10.8. The zero-order valence-corrected chi connectivity index (χ0v) is 24.9. The highest BCUT2D eigenvalue weighted by atomic mass is 19.4. The molecule has 244 valence electrons. The number of nitrogens with zero attached hydrogens (tertiary/aromatic N) is 2. The Labute approximate surface area is 256 Å². The molecule has 1 aliphatic heterocycles. The molecular formula is C30H36F3N5O7. The fourth-order valence-electron chi connectivity index (χ4n) is 5.47. The van der Waals surface area contributed by atoms with E-state index in [1.54, 1.807) is 0 Å². The van der Waals surface area contributed by atoms with Crippen molar-refractivity contribution in [3.05, 3.63) is 57.9 Å². The summed E-state index contributed by atoms with van der Waals surface area (Å²) in [4.78, 5) is 64.3. The summed E-state index contributed by atoms with van der Waals surface area (Å²) >= 11 is 0. The highest BCUT2D eigenvalue weighted by molar-refractivity contribution is 6.02. The number of carbonyl (C=O) groups excluding carboxylic acids is 4. The monoisotopic (exact) mass is 635 g/mol. The van der Waals surface area contributed by atoms with Crippen molar-refractivity contribution < 1.29 is 41.6 Å². The SMILES string of the molecule is CC[C@@H](C(=O)N[C@H](/C=C/C(=O)OC1CCCCC1)C[C@@H]1CCNC1=O)n1cc(C(F)(F)F)cc(NC(=O)c2cc(C)on2)c1=O. The molecule has 0 aromatic carbocycles. The lowest BCUT2D eigenvalue weighted by atomic mass is 9.97. The summed E-state index contributed by atoms with van der Waals surface area (Å²) in [6, 6.07) is -0.591. The molecule has 2 fully saturated rings. The summed E-state index contributed by atoms with van der Waals surface area (Å²) in [5, 5.41) is 11.0. The quantitative estimate of drug-likeness (QED) is 0.248.